The Hall–Kier alpha value is -0.470. The topological polar surface area (TPSA) is 122 Å². The van der Waals surface area contributed by atoms with Crippen molar-refractivity contribution in [2.45, 2.75) is 37.8 Å². The number of nitro groups is 1. The lowest BCUT2D eigenvalue weighted by Crippen LogP contribution is -2.63. The van der Waals surface area contributed by atoms with E-state index in [0.29, 0.717) is 12.8 Å². The Bertz CT molecular complexity index is 217. The Morgan fingerprint density at radius 2 is 1.79 bits per heavy atom. The molecule has 8 heteroatoms. The third kappa shape index (κ3) is 3.35. The Morgan fingerprint density at radius 3 is 2.29 bits per heavy atom. The summed E-state index contributed by atoms with van der Waals surface area (Å²) in [7, 11) is -4.57. The molecule has 0 spiro atoms. The molecule has 0 bridgehead atoms. The first-order valence-electron chi connectivity index (χ1n) is 4.13. The molecule has 0 saturated heterocycles. The molecule has 0 radical (unpaired) electrons. The fourth-order valence-electron chi connectivity index (χ4n) is 1.56. The molecule has 1 saturated carbocycles. The van der Waals surface area contributed by atoms with Crippen LogP contribution in [-0.4, -0.2) is 17.1 Å². The van der Waals surface area contributed by atoms with Crippen molar-refractivity contribution in [1.29, 1.82) is 0 Å². The molecule has 14 heavy (non-hydrogen) atoms. The lowest BCUT2D eigenvalue weighted by Gasteiger charge is -2.23. The zero-order chi connectivity index (χ0) is 10.8. The van der Waals surface area contributed by atoms with Gasteiger partial charge in [0.05, 0.1) is 14.5 Å². The highest BCUT2D eigenvalue weighted by atomic mass is 35.7. The van der Waals surface area contributed by atoms with E-state index < -0.39 is 27.3 Å². The third-order valence-electron chi connectivity index (χ3n) is 2.16. The van der Waals surface area contributed by atoms with Gasteiger partial charge in [-0.05, 0) is 19.3 Å². The van der Waals surface area contributed by atoms with Crippen LogP contribution in [0.2, 0.25) is 0 Å². The summed E-state index contributed by atoms with van der Waals surface area (Å²) in [5.41, 5.74) is 0. The van der Waals surface area contributed by atoms with Crippen LogP contribution in [0.1, 0.15) is 25.7 Å². The van der Waals surface area contributed by atoms with E-state index in [0.717, 1.165) is 0 Å². The molecule has 0 aromatic rings. The van der Waals surface area contributed by atoms with Crippen molar-refractivity contribution in [1.82, 2.24) is 0 Å². The first-order chi connectivity index (χ1) is 6.40. The molecule has 7 nitrogen and oxygen atoms in total. The van der Waals surface area contributed by atoms with Crippen LogP contribution in [0.15, 0.2) is 0 Å². The summed E-state index contributed by atoms with van der Waals surface area (Å²) < 4.78 is 34.8. The molecule has 0 aromatic carbocycles. The molecule has 2 atom stereocenters. The average Bonchev–Trinajstić information content (AvgIpc) is 2.01. The number of nitrogens with zero attached hydrogens (tertiary/aromatic N) is 1. The summed E-state index contributed by atoms with van der Waals surface area (Å²) in [5, 5.41) is 10.5. The van der Waals surface area contributed by atoms with Gasteiger partial charge in [0.15, 0.2) is 0 Å². The highest BCUT2D eigenvalue weighted by molar-refractivity contribution is 4.74. The van der Waals surface area contributed by atoms with Crippen LogP contribution in [0.25, 0.3) is 0 Å². The van der Waals surface area contributed by atoms with E-state index in [1.165, 1.54) is 0 Å². The largest absolute Gasteiger partial charge is 0.279 e. The minimum absolute atomic E-state index is 0.236. The van der Waals surface area contributed by atoms with Crippen LogP contribution in [-0.2, 0) is 4.29 Å². The van der Waals surface area contributed by atoms with Gasteiger partial charge in [-0.3, -0.25) is 10.1 Å². The summed E-state index contributed by atoms with van der Waals surface area (Å²) >= 11 is 0. The maximum atomic E-state index is 10.5. The van der Waals surface area contributed by atoms with Crippen LogP contribution in [0.3, 0.4) is 0 Å². The second-order valence-corrected chi connectivity index (χ2v) is 4.08. The van der Waals surface area contributed by atoms with Crippen LogP contribution in [0.4, 0.5) is 0 Å². The first-order valence-corrected chi connectivity index (χ1v) is 5.36. The number of hydrogen-bond donors (Lipinski definition) is 0. The lowest BCUT2D eigenvalue weighted by molar-refractivity contribution is -1.92. The SMILES string of the molecule is O=[N+]([O-])[C@@H]1CCCC[C@@H]1O[Cl+3]([O-])([O-])[O-]. The maximum absolute atomic E-state index is 10.5. The molecule has 0 N–H and O–H groups in total. The second-order valence-electron chi connectivity index (χ2n) is 3.14. The summed E-state index contributed by atoms with van der Waals surface area (Å²) in [6, 6.07) is -1.08. The molecule has 1 rings (SSSR count). The van der Waals surface area contributed by atoms with Gasteiger partial charge in [0.25, 0.3) is 12.1 Å². The van der Waals surface area contributed by atoms with Crippen LogP contribution >= 0.6 is 0 Å². The quantitative estimate of drug-likeness (QED) is 0.388. The maximum Gasteiger partial charge on any atom is 0.279 e. The van der Waals surface area contributed by atoms with Crippen LogP contribution < -0.4 is 14.0 Å². The van der Waals surface area contributed by atoms with Crippen molar-refractivity contribution in [2.75, 3.05) is 0 Å². The van der Waals surface area contributed by atoms with Gasteiger partial charge in [-0.15, -0.1) is 0 Å². The van der Waals surface area contributed by atoms with E-state index >= 15 is 0 Å². The lowest BCUT2D eigenvalue weighted by atomic mass is 9.93. The highest BCUT2D eigenvalue weighted by Crippen LogP contribution is 2.24. The molecule has 0 heterocycles. The molecular weight excluding hydrogens is 218 g/mol. The van der Waals surface area contributed by atoms with Crippen LogP contribution in [0, 0.1) is 20.4 Å². The van der Waals surface area contributed by atoms with Gasteiger partial charge in [0.1, 0.15) is 0 Å². The molecule has 1 aliphatic rings. The molecule has 82 valence electrons. The monoisotopic (exact) mass is 227 g/mol. The minimum Gasteiger partial charge on any atom is -0.264 e. The Morgan fingerprint density at radius 1 is 1.21 bits per heavy atom. The summed E-state index contributed by atoms with van der Waals surface area (Å²) in [5.74, 6) is 0. The van der Waals surface area contributed by atoms with Gasteiger partial charge in [-0.2, -0.15) is 14.0 Å². The normalized spacial score (nSPS) is 28.8. The minimum atomic E-state index is -4.57. The molecule has 0 aromatic heterocycles. The zero-order valence-corrected chi connectivity index (χ0v) is 8.01. The van der Waals surface area contributed by atoms with Crippen molar-refractivity contribution in [2.24, 2.45) is 0 Å². The fourth-order valence-corrected chi connectivity index (χ4v) is 2.05. The molecule has 0 unspecified atom stereocenters. The Balaban J connectivity index is 2.59. The fraction of sp³-hybridized carbons (Fsp3) is 1.00. The predicted octanol–water partition coefficient (Wildman–Crippen LogP) is -2.51. The van der Waals surface area contributed by atoms with Crippen molar-refractivity contribution in [3.05, 3.63) is 10.1 Å². The van der Waals surface area contributed by atoms with E-state index in [2.05, 4.69) is 4.29 Å². The predicted molar refractivity (Wildman–Crippen MR) is 34.1 cm³/mol. The van der Waals surface area contributed by atoms with Crippen molar-refractivity contribution < 1.29 is 33.4 Å². The number of hydrogen-bond acceptors (Lipinski definition) is 6. The Labute approximate surface area is 82.2 Å². The van der Waals surface area contributed by atoms with Crippen molar-refractivity contribution in [3.63, 3.8) is 0 Å². The van der Waals surface area contributed by atoms with E-state index in [1.807, 2.05) is 0 Å². The first kappa shape index (κ1) is 11.6. The molecule has 1 aliphatic carbocycles. The summed E-state index contributed by atoms with van der Waals surface area (Å²) in [6.45, 7) is 0. The van der Waals surface area contributed by atoms with Crippen LogP contribution in [0.5, 0.6) is 0 Å². The molecule has 0 aliphatic heterocycles. The highest BCUT2D eigenvalue weighted by Gasteiger charge is 2.44. The average molecular weight is 228 g/mol. The molecular formula is C6H10ClNO6. The summed E-state index contributed by atoms with van der Waals surface area (Å²) in [4.78, 5) is 9.88. The van der Waals surface area contributed by atoms with E-state index in [9.17, 15) is 24.1 Å². The van der Waals surface area contributed by atoms with Crippen molar-refractivity contribution >= 4 is 0 Å². The van der Waals surface area contributed by atoms with Gasteiger partial charge in [0, 0.05) is 11.3 Å². The Kier molecular flexibility index (Phi) is 3.62. The van der Waals surface area contributed by atoms with Gasteiger partial charge < -0.3 is 0 Å². The third-order valence-corrected chi connectivity index (χ3v) is 2.61. The molecule has 0 amide bonds. The second kappa shape index (κ2) is 4.37. The van der Waals surface area contributed by atoms with Gasteiger partial charge in [0.2, 0.25) is 0 Å². The van der Waals surface area contributed by atoms with Crippen molar-refractivity contribution in [3.8, 4) is 0 Å². The number of halogens is 1. The van der Waals surface area contributed by atoms with Gasteiger partial charge in [-0.25, -0.2) is 0 Å². The van der Waals surface area contributed by atoms with Gasteiger partial charge in [-0.1, -0.05) is 0 Å². The standard InChI is InChI=1S/C6H10ClNO6/c9-7(10,11)14-6-4-2-1-3-5(6)8(12)13/h5-6H,1-4H2/t5-,6+/m1/s1. The summed E-state index contributed by atoms with van der Waals surface area (Å²) in [6.07, 6.45) is 0.674. The van der Waals surface area contributed by atoms with Gasteiger partial charge >= 0.3 is 0 Å². The van der Waals surface area contributed by atoms with E-state index in [4.69, 9.17) is 0 Å². The zero-order valence-electron chi connectivity index (χ0n) is 7.26. The van der Waals surface area contributed by atoms with E-state index in [-0.39, 0.29) is 12.8 Å². The molecule has 1 fully saturated rings. The van der Waals surface area contributed by atoms with E-state index in [1.54, 1.807) is 0 Å². The smallest absolute Gasteiger partial charge is 0.264 e. The number of rotatable bonds is 3.